The van der Waals surface area contributed by atoms with E-state index < -0.39 is 0 Å². The second-order valence-corrected chi connectivity index (χ2v) is 5.17. The summed E-state index contributed by atoms with van der Waals surface area (Å²) in [6.45, 7) is 7.43. The summed E-state index contributed by atoms with van der Waals surface area (Å²) in [4.78, 5) is 4.53. The van der Waals surface area contributed by atoms with Gasteiger partial charge >= 0.3 is 0 Å². The van der Waals surface area contributed by atoms with Gasteiger partial charge in [0.25, 0.3) is 0 Å². The van der Waals surface area contributed by atoms with E-state index in [1.54, 1.807) is 17.5 Å². The Bertz CT molecular complexity index is 494. The van der Waals surface area contributed by atoms with E-state index in [4.69, 9.17) is 4.74 Å². The van der Waals surface area contributed by atoms with E-state index in [9.17, 15) is 0 Å². The number of hydrogen-bond donors (Lipinski definition) is 1. The highest BCUT2D eigenvalue weighted by atomic mass is 32.1. The molecule has 2 aromatic rings. The zero-order valence-corrected chi connectivity index (χ0v) is 12.2. The van der Waals surface area contributed by atoms with Crippen LogP contribution >= 0.6 is 11.3 Å². The number of thiazole rings is 1. The molecule has 0 radical (unpaired) electrons. The van der Waals surface area contributed by atoms with Crippen LogP contribution in [-0.2, 0) is 19.7 Å². The molecular formula is C13H20N4OS. The molecule has 2 rings (SSSR count). The minimum Gasteiger partial charge on any atom is -0.484 e. The normalized spacial score (nSPS) is 10.8. The predicted molar refractivity (Wildman–Crippen MR) is 76.3 cm³/mol. The molecule has 0 atom stereocenters. The van der Waals surface area contributed by atoms with Crippen molar-refractivity contribution in [3.05, 3.63) is 28.5 Å². The van der Waals surface area contributed by atoms with Crippen molar-refractivity contribution in [1.82, 2.24) is 20.1 Å². The summed E-state index contributed by atoms with van der Waals surface area (Å²) in [5, 5.41) is 10.7. The van der Waals surface area contributed by atoms with Crippen molar-refractivity contribution in [2.24, 2.45) is 0 Å². The van der Waals surface area contributed by atoms with Gasteiger partial charge in [0.1, 0.15) is 11.6 Å². The van der Waals surface area contributed by atoms with Crippen LogP contribution in [-0.4, -0.2) is 21.3 Å². The number of rotatable bonds is 8. The van der Waals surface area contributed by atoms with E-state index in [2.05, 4.69) is 22.3 Å². The summed E-state index contributed by atoms with van der Waals surface area (Å²) in [5.74, 6) is 0.792. The third-order valence-electron chi connectivity index (χ3n) is 2.62. The Morgan fingerprint density at radius 3 is 3.05 bits per heavy atom. The standard InChI is InChI=1S/C13H20N4OS/c1-3-5-14-7-13-16-11(10-19-13)9-18-12-6-15-17(4-2)8-12/h6,8,10,14H,3-5,7,9H2,1-2H3. The van der Waals surface area contributed by atoms with E-state index >= 15 is 0 Å². The molecule has 0 aliphatic rings. The molecule has 2 heterocycles. The van der Waals surface area contributed by atoms with Crippen LogP contribution in [0.3, 0.4) is 0 Å². The van der Waals surface area contributed by atoms with Crippen LogP contribution in [0.4, 0.5) is 0 Å². The van der Waals surface area contributed by atoms with Crippen LogP contribution in [0.15, 0.2) is 17.8 Å². The first-order valence-electron chi connectivity index (χ1n) is 6.61. The molecule has 0 aliphatic heterocycles. The number of nitrogens with zero attached hydrogens (tertiary/aromatic N) is 3. The lowest BCUT2D eigenvalue weighted by Gasteiger charge is -2.00. The molecular weight excluding hydrogens is 260 g/mol. The van der Waals surface area contributed by atoms with Gasteiger partial charge in [-0.1, -0.05) is 6.92 Å². The van der Waals surface area contributed by atoms with Gasteiger partial charge in [0.2, 0.25) is 0 Å². The minimum atomic E-state index is 0.500. The van der Waals surface area contributed by atoms with E-state index in [1.807, 2.05) is 23.2 Å². The van der Waals surface area contributed by atoms with Gasteiger partial charge in [0, 0.05) is 18.5 Å². The first-order chi connectivity index (χ1) is 9.31. The molecule has 0 amide bonds. The van der Waals surface area contributed by atoms with Gasteiger partial charge in [0.15, 0.2) is 5.75 Å². The highest BCUT2D eigenvalue weighted by Gasteiger charge is 2.04. The third kappa shape index (κ3) is 4.33. The average molecular weight is 280 g/mol. The van der Waals surface area contributed by atoms with Crippen LogP contribution in [0.25, 0.3) is 0 Å². The Kier molecular flexibility index (Phi) is 5.35. The van der Waals surface area contributed by atoms with Gasteiger partial charge in [0.05, 0.1) is 18.1 Å². The maximum atomic E-state index is 5.65. The summed E-state index contributed by atoms with van der Waals surface area (Å²) in [6, 6.07) is 0. The molecule has 2 aromatic heterocycles. The lowest BCUT2D eigenvalue weighted by atomic mass is 10.5. The molecule has 0 saturated carbocycles. The van der Waals surface area contributed by atoms with Crippen molar-refractivity contribution in [3.8, 4) is 5.75 Å². The smallest absolute Gasteiger partial charge is 0.157 e. The molecule has 6 heteroatoms. The number of ether oxygens (including phenoxy) is 1. The molecule has 1 N–H and O–H groups in total. The number of nitrogens with one attached hydrogen (secondary N) is 1. The monoisotopic (exact) mass is 280 g/mol. The molecule has 5 nitrogen and oxygen atoms in total. The average Bonchev–Trinajstić information content (AvgIpc) is 3.05. The Balaban J connectivity index is 1.79. The number of aromatic nitrogens is 3. The van der Waals surface area contributed by atoms with Crippen molar-refractivity contribution < 1.29 is 4.74 Å². The molecule has 0 spiro atoms. The molecule has 0 aliphatic carbocycles. The summed E-state index contributed by atoms with van der Waals surface area (Å²) in [6.07, 6.45) is 4.78. The Morgan fingerprint density at radius 2 is 2.32 bits per heavy atom. The van der Waals surface area contributed by atoms with Gasteiger partial charge in [-0.2, -0.15) is 5.10 Å². The topological polar surface area (TPSA) is 52.0 Å². The summed E-state index contributed by atoms with van der Waals surface area (Å²) in [7, 11) is 0. The summed E-state index contributed by atoms with van der Waals surface area (Å²) < 4.78 is 7.50. The molecule has 0 aromatic carbocycles. The van der Waals surface area contributed by atoms with Crippen molar-refractivity contribution in [3.63, 3.8) is 0 Å². The Hall–Kier alpha value is -1.40. The van der Waals surface area contributed by atoms with Crippen LogP contribution in [0.5, 0.6) is 5.75 Å². The Morgan fingerprint density at radius 1 is 1.42 bits per heavy atom. The minimum absolute atomic E-state index is 0.500. The lowest BCUT2D eigenvalue weighted by molar-refractivity contribution is 0.301. The maximum Gasteiger partial charge on any atom is 0.157 e. The second kappa shape index (κ2) is 7.25. The van der Waals surface area contributed by atoms with Gasteiger partial charge in [-0.15, -0.1) is 11.3 Å². The second-order valence-electron chi connectivity index (χ2n) is 4.23. The van der Waals surface area contributed by atoms with Gasteiger partial charge in [-0.25, -0.2) is 4.98 Å². The Labute approximate surface area is 117 Å². The molecule has 104 valence electrons. The SMILES string of the molecule is CCCNCc1nc(COc2cnn(CC)c2)cs1. The van der Waals surface area contributed by atoms with Crippen LogP contribution in [0.1, 0.15) is 31.0 Å². The highest BCUT2D eigenvalue weighted by Crippen LogP contribution is 2.14. The van der Waals surface area contributed by atoms with Crippen molar-refractivity contribution in [1.29, 1.82) is 0 Å². The van der Waals surface area contributed by atoms with Crippen LogP contribution in [0.2, 0.25) is 0 Å². The van der Waals surface area contributed by atoms with E-state index in [-0.39, 0.29) is 0 Å². The zero-order chi connectivity index (χ0) is 13.5. The zero-order valence-electron chi connectivity index (χ0n) is 11.4. The summed E-state index contributed by atoms with van der Waals surface area (Å²) >= 11 is 1.67. The number of aryl methyl sites for hydroxylation is 1. The predicted octanol–water partition coefficient (Wildman–Crippen LogP) is 2.44. The highest BCUT2D eigenvalue weighted by molar-refractivity contribution is 7.09. The van der Waals surface area contributed by atoms with Crippen molar-refractivity contribution in [2.45, 2.75) is 40.0 Å². The fraction of sp³-hybridized carbons (Fsp3) is 0.538. The fourth-order valence-electron chi connectivity index (χ4n) is 1.62. The molecule has 19 heavy (non-hydrogen) atoms. The van der Waals surface area contributed by atoms with E-state index in [1.165, 1.54) is 0 Å². The molecule has 0 saturated heterocycles. The fourth-order valence-corrected chi connectivity index (χ4v) is 2.37. The number of hydrogen-bond acceptors (Lipinski definition) is 5. The molecule has 0 unspecified atom stereocenters. The lowest BCUT2D eigenvalue weighted by Crippen LogP contribution is -2.13. The molecule has 0 fully saturated rings. The third-order valence-corrected chi connectivity index (χ3v) is 3.52. The van der Waals surface area contributed by atoms with Crippen LogP contribution < -0.4 is 10.1 Å². The maximum absolute atomic E-state index is 5.65. The van der Waals surface area contributed by atoms with E-state index in [0.717, 1.165) is 42.5 Å². The quantitative estimate of drug-likeness (QED) is 0.755. The van der Waals surface area contributed by atoms with Gasteiger partial charge < -0.3 is 10.1 Å². The first kappa shape index (κ1) is 14.0. The van der Waals surface area contributed by atoms with Gasteiger partial charge in [-0.05, 0) is 19.9 Å². The first-order valence-corrected chi connectivity index (χ1v) is 7.49. The largest absolute Gasteiger partial charge is 0.484 e. The molecule has 0 bridgehead atoms. The van der Waals surface area contributed by atoms with Gasteiger partial charge in [-0.3, -0.25) is 4.68 Å². The van der Waals surface area contributed by atoms with E-state index in [0.29, 0.717) is 6.61 Å². The van der Waals surface area contributed by atoms with Crippen LogP contribution in [0, 0.1) is 0 Å². The van der Waals surface area contributed by atoms with Crippen molar-refractivity contribution >= 4 is 11.3 Å². The van der Waals surface area contributed by atoms with Crippen molar-refractivity contribution in [2.75, 3.05) is 6.54 Å². The summed E-state index contributed by atoms with van der Waals surface area (Å²) in [5.41, 5.74) is 0.975.